The fraction of sp³-hybridized carbons (Fsp3) is 0.350. The average Bonchev–Trinajstić information content (AvgIpc) is 2.96. The van der Waals surface area contributed by atoms with Crippen molar-refractivity contribution >= 4 is 17.8 Å². The van der Waals surface area contributed by atoms with Crippen molar-refractivity contribution in [3.63, 3.8) is 0 Å². The van der Waals surface area contributed by atoms with Gasteiger partial charge in [-0.1, -0.05) is 30.3 Å². The molecule has 27 heavy (non-hydrogen) atoms. The molecule has 7 nitrogen and oxygen atoms in total. The molecular formula is C20H24N2O5. The summed E-state index contributed by atoms with van der Waals surface area (Å²) in [5, 5.41) is 2.81. The molecule has 0 aliphatic rings. The Hall–Kier alpha value is -3.09. The molecule has 0 saturated carbocycles. The lowest BCUT2D eigenvalue weighted by Crippen LogP contribution is -2.37. The van der Waals surface area contributed by atoms with Crippen LogP contribution in [0.4, 0.5) is 0 Å². The monoisotopic (exact) mass is 372 g/mol. The summed E-state index contributed by atoms with van der Waals surface area (Å²) in [4.78, 5) is 39.4. The minimum Gasteiger partial charge on any atom is -0.465 e. The number of aromatic nitrogens is 1. The Morgan fingerprint density at radius 2 is 1.67 bits per heavy atom. The lowest BCUT2D eigenvalue weighted by Gasteiger charge is -2.18. The Morgan fingerprint density at radius 3 is 2.26 bits per heavy atom. The number of carbonyl (C=O) groups excluding carboxylic acids is 3. The first-order chi connectivity index (χ1) is 12.8. The zero-order valence-corrected chi connectivity index (χ0v) is 16.1. The van der Waals surface area contributed by atoms with Gasteiger partial charge in [0.15, 0.2) is 6.10 Å². The van der Waals surface area contributed by atoms with Gasteiger partial charge in [0.2, 0.25) is 0 Å². The van der Waals surface area contributed by atoms with Crippen molar-refractivity contribution in [2.24, 2.45) is 0 Å². The second-order valence-corrected chi connectivity index (χ2v) is 6.31. The van der Waals surface area contributed by atoms with E-state index in [1.165, 1.54) is 14.0 Å². The molecule has 7 heteroatoms. The van der Waals surface area contributed by atoms with Gasteiger partial charge in [-0.25, -0.2) is 9.59 Å². The zero-order valence-electron chi connectivity index (χ0n) is 16.1. The predicted octanol–water partition coefficient (Wildman–Crippen LogP) is 2.84. The van der Waals surface area contributed by atoms with Gasteiger partial charge in [0.25, 0.3) is 5.91 Å². The van der Waals surface area contributed by atoms with Crippen LogP contribution in [0.5, 0.6) is 0 Å². The minimum atomic E-state index is -0.992. The lowest BCUT2D eigenvalue weighted by molar-refractivity contribution is -0.129. The van der Waals surface area contributed by atoms with Crippen LogP contribution in [0, 0.1) is 13.8 Å². The van der Waals surface area contributed by atoms with Crippen LogP contribution in [0.25, 0.3) is 0 Å². The van der Waals surface area contributed by atoms with Gasteiger partial charge in [-0.05, 0) is 38.8 Å². The Bertz CT molecular complexity index is 842. The number of esters is 2. The van der Waals surface area contributed by atoms with E-state index in [4.69, 9.17) is 9.47 Å². The molecule has 1 aromatic carbocycles. The number of aromatic amines is 1. The Balaban J connectivity index is 2.05. The summed E-state index contributed by atoms with van der Waals surface area (Å²) in [5.74, 6) is -1.66. The molecule has 0 bridgehead atoms. The third-order valence-corrected chi connectivity index (χ3v) is 4.34. The van der Waals surface area contributed by atoms with E-state index in [2.05, 4.69) is 10.3 Å². The molecule has 2 atom stereocenters. The number of aryl methyl sites for hydroxylation is 1. The van der Waals surface area contributed by atoms with E-state index in [9.17, 15) is 14.4 Å². The summed E-state index contributed by atoms with van der Waals surface area (Å²) in [6, 6.07) is 9.25. The molecule has 0 saturated heterocycles. The first-order valence-corrected chi connectivity index (χ1v) is 8.60. The van der Waals surface area contributed by atoms with Crippen LogP contribution in [-0.2, 0) is 14.3 Å². The zero-order chi connectivity index (χ0) is 20.1. The minimum absolute atomic E-state index is 0.128. The van der Waals surface area contributed by atoms with E-state index >= 15 is 0 Å². The Labute approximate surface area is 158 Å². The van der Waals surface area contributed by atoms with Crippen LogP contribution in [0.3, 0.4) is 0 Å². The number of methoxy groups -OCH3 is 1. The number of hydrogen-bond donors (Lipinski definition) is 2. The summed E-state index contributed by atoms with van der Waals surface area (Å²) in [6.07, 6.45) is -0.992. The van der Waals surface area contributed by atoms with Crippen LogP contribution in [0.2, 0.25) is 0 Å². The van der Waals surface area contributed by atoms with Gasteiger partial charge < -0.3 is 19.8 Å². The number of ether oxygens (including phenoxy) is 2. The highest BCUT2D eigenvalue weighted by molar-refractivity contribution is 5.99. The highest BCUT2D eigenvalue weighted by Gasteiger charge is 2.26. The summed E-state index contributed by atoms with van der Waals surface area (Å²) in [7, 11) is 1.27. The van der Waals surface area contributed by atoms with Gasteiger partial charge in [-0.15, -0.1) is 0 Å². The maximum atomic E-state index is 12.4. The van der Waals surface area contributed by atoms with Crippen LogP contribution in [0.1, 0.15) is 57.6 Å². The molecule has 0 radical (unpaired) electrons. The highest BCUT2D eigenvalue weighted by Crippen LogP contribution is 2.20. The SMILES string of the molecule is COC(=O)c1c(C)[nH]c(C(=O)OC(C)C(=O)NC(C)c2ccccc2)c1C. The van der Waals surface area contributed by atoms with Gasteiger partial charge in [0.1, 0.15) is 5.69 Å². The first kappa shape index (κ1) is 20.2. The van der Waals surface area contributed by atoms with Crippen LogP contribution in [0.15, 0.2) is 30.3 Å². The summed E-state index contributed by atoms with van der Waals surface area (Å²) >= 11 is 0. The quantitative estimate of drug-likeness (QED) is 0.760. The third kappa shape index (κ3) is 4.55. The van der Waals surface area contributed by atoms with Gasteiger partial charge in [-0.2, -0.15) is 0 Å². The number of H-pyrrole nitrogens is 1. The molecule has 1 amide bonds. The number of nitrogens with one attached hydrogen (secondary N) is 2. The first-order valence-electron chi connectivity index (χ1n) is 8.60. The van der Waals surface area contributed by atoms with Crippen LogP contribution < -0.4 is 5.32 Å². The van der Waals surface area contributed by atoms with Crippen molar-refractivity contribution in [2.75, 3.05) is 7.11 Å². The van der Waals surface area contributed by atoms with Crippen LogP contribution in [-0.4, -0.2) is 36.0 Å². The van der Waals surface area contributed by atoms with Crippen molar-refractivity contribution in [1.82, 2.24) is 10.3 Å². The molecule has 0 aliphatic heterocycles. The number of rotatable bonds is 6. The van der Waals surface area contributed by atoms with Crippen molar-refractivity contribution < 1.29 is 23.9 Å². The molecule has 144 valence electrons. The van der Waals surface area contributed by atoms with Gasteiger partial charge in [0, 0.05) is 5.69 Å². The molecule has 0 aliphatic carbocycles. The number of amides is 1. The average molecular weight is 372 g/mol. The second-order valence-electron chi connectivity index (χ2n) is 6.31. The largest absolute Gasteiger partial charge is 0.465 e. The summed E-state index contributed by atoms with van der Waals surface area (Å²) in [6.45, 7) is 6.63. The molecule has 2 rings (SSSR count). The molecule has 2 unspecified atom stereocenters. The van der Waals surface area contributed by atoms with Crippen LogP contribution >= 0.6 is 0 Å². The topological polar surface area (TPSA) is 97.5 Å². The van der Waals surface area contributed by atoms with Crippen molar-refractivity contribution in [1.29, 1.82) is 0 Å². The highest BCUT2D eigenvalue weighted by atomic mass is 16.5. The van der Waals surface area contributed by atoms with E-state index in [1.54, 1.807) is 13.8 Å². The van der Waals surface area contributed by atoms with Crippen molar-refractivity contribution in [3.05, 3.63) is 58.4 Å². The molecule has 2 N–H and O–H groups in total. The molecule has 2 aromatic rings. The van der Waals surface area contributed by atoms with Crippen molar-refractivity contribution in [2.45, 2.75) is 39.8 Å². The smallest absolute Gasteiger partial charge is 0.355 e. The Morgan fingerprint density at radius 1 is 1.04 bits per heavy atom. The molecule has 1 heterocycles. The van der Waals surface area contributed by atoms with E-state index in [0.29, 0.717) is 16.8 Å². The number of carbonyl (C=O) groups is 3. The standard InChI is InChI=1S/C20H24N2O5/c1-11-16(19(24)26-5)13(3)21-17(11)20(25)27-14(4)18(23)22-12(2)15-9-7-6-8-10-15/h6-10,12,14,21H,1-5H3,(H,22,23). The maximum absolute atomic E-state index is 12.4. The van der Waals surface area contributed by atoms with Gasteiger partial charge >= 0.3 is 11.9 Å². The van der Waals surface area contributed by atoms with E-state index in [0.717, 1.165) is 5.56 Å². The van der Waals surface area contributed by atoms with Gasteiger partial charge in [-0.3, -0.25) is 4.79 Å². The predicted molar refractivity (Wildman–Crippen MR) is 99.5 cm³/mol. The van der Waals surface area contributed by atoms with Crippen molar-refractivity contribution in [3.8, 4) is 0 Å². The lowest BCUT2D eigenvalue weighted by atomic mass is 10.1. The summed E-state index contributed by atoms with van der Waals surface area (Å²) < 4.78 is 9.98. The fourth-order valence-electron chi connectivity index (χ4n) is 2.79. The fourth-order valence-corrected chi connectivity index (χ4v) is 2.79. The molecule has 1 aromatic heterocycles. The van der Waals surface area contributed by atoms with E-state index < -0.39 is 23.9 Å². The summed E-state index contributed by atoms with van der Waals surface area (Å²) in [5.41, 5.74) is 2.29. The number of hydrogen-bond acceptors (Lipinski definition) is 5. The van der Waals surface area contributed by atoms with Gasteiger partial charge in [0.05, 0.1) is 18.7 Å². The molecule has 0 spiro atoms. The maximum Gasteiger partial charge on any atom is 0.355 e. The van der Waals surface area contributed by atoms with E-state index in [-0.39, 0.29) is 11.7 Å². The third-order valence-electron chi connectivity index (χ3n) is 4.34. The normalized spacial score (nSPS) is 12.8. The van der Waals surface area contributed by atoms with E-state index in [1.807, 2.05) is 37.3 Å². The Kier molecular flexibility index (Phi) is 6.39. The molecular weight excluding hydrogens is 348 g/mol. The second kappa shape index (κ2) is 8.53. The molecule has 0 fully saturated rings. The number of benzene rings is 1.